The van der Waals surface area contributed by atoms with Crippen LogP contribution in [0.5, 0.6) is 0 Å². The van der Waals surface area contributed by atoms with Crippen LogP contribution in [0.15, 0.2) is 47.4 Å². The number of esters is 1. The second-order valence-corrected chi connectivity index (χ2v) is 7.98. The van der Waals surface area contributed by atoms with E-state index < -0.39 is 27.8 Å². The van der Waals surface area contributed by atoms with E-state index in [4.69, 9.17) is 4.74 Å². The van der Waals surface area contributed by atoms with Gasteiger partial charge in [-0.1, -0.05) is 18.2 Å². The van der Waals surface area contributed by atoms with E-state index in [2.05, 4.69) is 5.32 Å². The van der Waals surface area contributed by atoms with Gasteiger partial charge in [-0.3, -0.25) is 9.59 Å². The maximum Gasteiger partial charge on any atom is 0.338 e. The number of rotatable bonds is 5. The van der Waals surface area contributed by atoms with Crippen LogP contribution >= 0.6 is 0 Å². The van der Waals surface area contributed by atoms with E-state index in [0.717, 1.165) is 0 Å². The van der Waals surface area contributed by atoms with Crippen molar-refractivity contribution in [2.24, 2.45) is 0 Å². The molecule has 1 aliphatic rings. The molecule has 1 heterocycles. The maximum absolute atomic E-state index is 12.5. The highest BCUT2D eigenvalue weighted by atomic mass is 32.2. The fraction of sp³-hybridized carbons (Fsp3) is 0.211. The Labute approximate surface area is 162 Å². The molecule has 1 aliphatic heterocycles. The van der Waals surface area contributed by atoms with Gasteiger partial charge < -0.3 is 10.1 Å². The van der Waals surface area contributed by atoms with Crippen molar-refractivity contribution >= 4 is 33.5 Å². The number of sulfonamides is 1. The zero-order valence-electron chi connectivity index (χ0n) is 15.3. The molecule has 0 radical (unpaired) electrons. The van der Waals surface area contributed by atoms with Gasteiger partial charge in [0.15, 0.2) is 0 Å². The lowest BCUT2D eigenvalue weighted by Crippen LogP contribution is -2.33. The summed E-state index contributed by atoms with van der Waals surface area (Å²) in [7, 11) is -2.69. The summed E-state index contributed by atoms with van der Waals surface area (Å²) in [5.41, 5.74) is 1.35. The molecule has 0 aliphatic carbocycles. The molecule has 28 heavy (non-hydrogen) atoms. The molecule has 9 heteroatoms. The third-order valence-electron chi connectivity index (χ3n) is 4.47. The van der Waals surface area contributed by atoms with Gasteiger partial charge in [0.2, 0.25) is 5.91 Å². The van der Waals surface area contributed by atoms with E-state index in [1.54, 1.807) is 31.2 Å². The number of hydrogen-bond acceptors (Lipinski definition) is 6. The van der Waals surface area contributed by atoms with Crippen LogP contribution < -0.4 is 5.32 Å². The molecule has 0 saturated heterocycles. The predicted molar refractivity (Wildman–Crippen MR) is 100 cm³/mol. The molecule has 2 amide bonds. The van der Waals surface area contributed by atoms with E-state index in [0.29, 0.717) is 21.1 Å². The smallest absolute Gasteiger partial charge is 0.338 e. The van der Waals surface area contributed by atoms with Crippen LogP contribution in [0.2, 0.25) is 0 Å². The van der Waals surface area contributed by atoms with Gasteiger partial charge in [-0.2, -0.15) is 0 Å². The monoisotopic (exact) mass is 402 g/mol. The first-order valence-electron chi connectivity index (χ1n) is 8.41. The Morgan fingerprint density at radius 1 is 1.11 bits per heavy atom. The molecule has 2 aromatic rings. The molecule has 2 aromatic carbocycles. The fourth-order valence-corrected chi connectivity index (χ4v) is 4.54. The molecule has 8 nitrogen and oxygen atoms in total. The largest absolute Gasteiger partial charge is 0.465 e. The summed E-state index contributed by atoms with van der Waals surface area (Å²) >= 11 is 0. The van der Waals surface area contributed by atoms with E-state index >= 15 is 0 Å². The van der Waals surface area contributed by atoms with Crippen LogP contribution in [-0.4, -0.2) is 44.2 Å². The SMILES string of the molecule is COC(=O)c1cccc(NC(=O)CCN2C(=O)c3ccccc3S2(=O)=O)c1C. The molecule has 0 spiro atoms. The number of amides is 2. The lowest BCUT2D eigenvalue weighted by Gasteiger charge is -2.15. The summed E-state index contributed by atoms with van der Waals surface area (Å²) < 4.78 is 30.4. The average Bonchev–Trinajstić information content (AvgIpc) is 2.87. The number of carbonyl (C=O) groups excluding carboxylic acids is 3. The van der Waals surface area contributed by atoms with Crippen molar-refractivity contribution in [3.05, 3.63) is 59.2 Å². The minimum Gasteiger partial charge on any atom is -0.465 e. The molecule has 0 bridgehead atoms. The minimum atomic E-state index is -3.95. The number of benzene rings is 2. The summed E-state index contributed by atoms with van der Waals surface area (Å²) in [6.45, 7) is 1.38. The Morgan fingerprint density at radius 2 is 1.82 bits per heavy atom. The predicted octanol–water partition coefficient (Wildman–Crippen LogP) is 1.95. The second-order valence-electron chi connectivity index (χ2n) is 6.15. The number of nitrogens with one attached hydrogen (secondary N) is 1. The quantitative estimate of drug-likeness (QED) is 0.766. The Morgan fingerprint density at radius 3 is 2.50 bits per heavy atom. The zero-order chi connectivity index (χ0) is 20.5. The summed E-state index contributed by atoms with van der Waals surface area (Å²) in [6, 6.07) is 10.7. The minimum absolute atomic E-state index is 0.0537. The van der Waals surface area contributed by atoms with Crippen LogP contribution in [0.1, 0.15) is 32.7 Å². The number of carbonyl (C=O) groups is 3. The third-order valence-corrected chi connectivity index (χ3v) is 6.31. The molecule has 0 unspecified atom stereocenters. The molecule has 146 valence electrons. The van der Waals surface area contributed by atoms with Crippen molar-refractivity contribution in [3.63, 3.8) is 0 Å². The number of methoxy groups -OCH3 is 1. The second kappa shape index (κ2) is 7.43. The van der Waals surface area contributed by atoms with Gasteiger partial charge in [0.25, 0.3) is 15.9 Å². The summed E-state index contributed by atoms with van der Waals surface area (Å²) in [5, 5.41) is 2.64. The van der Waals surface area contributed by atoms with Gasteiger partial charge in [0, 0.05) is 18.7 Å². The lowest BCUT2D eigenvalue weighted by molar-refractivity contribution is -0.116. The van der Waals surface area contributed by atoms with Crippen LogP contribution in [-0.2, 0) is 19.6 Å². The maximum atomic E-state index is 12.5. The van der Waals surface area contributed by atoms with E-state index in [1.807, 2.05) is 0 Å². The number of anilines is 1. The van der Waals surface area contributed by atoms with E-state index in [-0.39, 0.29) is 23.4 Å². The summed E-state index contributed by atoms with van der Waals surface area (Å²) in [5.74, 6) is -1.66. The van der Waals surface area contributed by atoms with Crippen LogP contribution in [0.25, 0.3) is 0 Å². The van der Waals surface area contributed by atoms with Crippen molar-refractivity contribution in [2.45, 2.75) is 18.2 Å². The molecular formula is C19H18N2O6S. The molecule has 3 rings (SSSR count). The Bertz CT molecular complexity index is 1080. The van der Waals surface area contributed by atoms with Gasteiger partial charge in [-0.15, -0.1) is 0 Å². The normalized spacial score (nSPS) is 14.5. The van der Waals surface area contributed by atoms with Gasteiger partial charge >= 0.3 is 5.97 Å². The van der Waals surface area contributed by atoms with Gasteiger partial charge in [-0.25, -0.2) is 17.5 Å². The molecular weight excluding hydrogens is 384 g/mol. The van der Waals surface area contributed by atoms with Gasteiger partial charge in [-0.05, 0) is 36.8 Å². The Hall–Kier alpha value is -3.20. The number of nitrogens with zero attached hydrogens (tertiary/aromatic N) is 1. The van der Waals surface area contributed by atoms with Crippen molar-refractivity contribution in [2.75, 3.05) is 19.0 Å². The highest BCUT2D eigenvalue weighted by molar-refractivity contribution is 7.90. The van der Waals surface area contributed by atoms with Crippen molar-refractivity contribution in [1.82, 2.24) is 4.31 Å². The van der Waals surface area contributed by atoms with Crippen LogP contribution in [0, 0.1) is 6.92 Å². The highest BCUT2D eigenvalue weighted by Gasteiger charge is 2.40. The van der Waals surface area contributed by atoms with Crippen LogP contribution in [0.4, 0.5) is 5.69 Å². The first-order chi connectivity index (χ1) is 13.3. The highest BCUT2D eigenvalue weighted by Crippen LogP contribution is 2.30. The van der Waals surface area contributed by atoms with Crippen molar-refractivity contribution in [1.29, 1.82) is 0 Å². The molecule has 0 aromatic heterocycles. The van der Waals surface area contributed by atoms with Gasteiger partial charge in [0.1, 0.15) is 4.90 Å². The first kappa shape index (κ1) is 19.6. The molecule has 1 N–H and O–H groups in total. The van der Waals surface area contributed by atoms with E-state index in [9.17, 15) is 22.8 Å². The Balaban J connectivity index is 1.71. The standard InChI is InChI=1S/C19H18N2O6S/c1-12-13(19(24)27-2)7-5-8-15(12)20-17(22)10-11-21-18(23)14-6-3-4-9-16(14)28(21,25)26/h3-9H,10-11H2,1-2H3,(H,20,22). The van der Waals surface area contributed by atoms with Crippen molar-refractivity contribution in [3.8, 4) is 0 Å². The average molecular weight is 402 g/mol. The van der Waals surface area contributed by atoms with Crippen molar-refractivity contribution < 1.29 is 27.5 Å². The summed E-state index contributed by atoms with van der Waals surface area (Å²) in [4.78, 5) is 36.3. The Kier molecular flexibility index (Phi) is 5.19. The van der Waals surface area contributed by atoms with Crippen LogP contribution in [0.3, 0.4) is 0 Å². The molecule has 0 atom stereocenters. The molecule has 0 fully saturated rings. The molecule has 0 saturated carbocycles. The number of ether oxygens (including phenoxy) is 1. The van der Waals surface area contributed by atoms with Gasteiger partial charge in [0.05, 0.1) is 18.2 Å². The number of hydrogen-bond donors (Lipinski definition) is 1. The first-order valence-corrected chi connectivity index (χ1v) is 9.85. The third kappa shape index (κ3) is 3.36. The topological polar surface area (TPSA) is 110 Å². The fourth-order valence-electron chi connectivity index (χ4n) is 2.97. The van der Waals surface area contributed by atoms with E-state index in [1.165, 1.54) is 25.3 Å². The number of fused-ring (bicyclic) bond motifs is 1. The summed E-state index contributed by atoms with van der Waals surface area (Å²) in [6.07, 6.45) is -0.221. The lowest BCUT2D eigenvalue weighted by atomic mass is 10.1. The zero-order valence-corrected chi connectivity index (χ0v) is 16.1.